The predicted octanol–water partition coefficient (Wildman–Crippen LogP) is 2.02. The minimum Gasteiger partial charge on any atom is -0.744 e. The van der Waals surface area contributed by atoms with Gasteiger partial charge in [-0.25, -0.2) is 8.42 Å². The highest BCUT2D eigenvalue weighted by atomic mass is 32.2. The molecule has 0 N–H and O–H groups in total. The summed E-state index contributed by atoms with van der Waals surface area (Å²) in [6.07, 6.45) is 0. The Bertz CT molecular complexity index is 433. The van der Waals surface area contributed by atoms with E-state index in [0.29, 0.717) is 5.92 Å². The van der Waals surface area contributed by atoms with E-state index >= 15 is 0 Å². The second-order valence-corrected chi connectivity index (χ2v) is 5.01. The van der Waals surface area contributed by atoms with Crippen LogP contribution in [0.25, 0.3) is 0 Å². The first-order valence-corrected chi connectivity index (χ1v) is 5.79. The Labute approximate surface area is 84.5 Å². The van der Waals surface area contributed by atoms with E-state index < -0.39 is 10.1 Å². The number of benzene rings is 1. The lowest BCUT2D eigenvalue weighted by Crippen LogP contribution is -2.01. The van der Waals surface area contributed by atoms with Crippen molar-refractivity contribution in [3.63, 3.8) is 0 Å². The Kier molecular flexibility index (Phi) is 2.97. The maximum Gasteiger partial charge on any atom is 0.124 e. The van der Waals surface area contributed by atoms with E-state index in [2.05, 4.69) is 0 Å². The molecule has 4 heteroatoms. The molecule has 0 spiro atoms. The van der Waals surface area contributed by atoms with Crippen molar-refractivity contribution in [3.8, 4) is 0 Å². The molecule has 0 aliphatic carbocycles. The van der Waals surface area contributed by atoms with Crippen LogP contribution in [-0.4, -0.2) is 13.0 Å². The van der Waals surface area contributed by atoms with Gasteiger partial charge in [0, 0.05) is 0 Å². The van der Waals surface area contributed by atoms with Crippen molar-refractivity contribution in [3.05, 3.63) is 29.3 Å². The zero-order valence-corrected chi connectivity index (χ0v) is 9.26. The molecule has 0 bridgehead atoms. The highest BCUT2D eigenvalue weighted by Crippen LogP contribution is 2.21. The normalized spacial score (nSPS) is 12.1. The minimum atomic E-state index is -4.32. The molecule has 3 nitrogen and oxygen atoms in total. The topological polar surface area (TPSA) is 57.2 Å². The Morgan fingerprint density at radius 3 is 2.21 bits per heavy atom. The van der Waals surface area contributed by atoms with Crippen molar-refractivity contribution >= 4 is 10.1 Å². The van der Waals surface area contributed by atoms with Gasteiger partial charge in [-0.3, -0.25) is 0 Å². The smallest absolute Gasteiger partial charge is 0.124 e. The summed E-state index contributed by atoms with van der Waals surface area (Å²) < 4.78 is 32.1. The van der Waals surface area contributed by atoms with Gasteiger partial charge in [-0.2, -0.15) is 0 Å². The van der Waals surface area contributed by atoms with Crippen LogP contribution in [0.4, 0.5) is 0 Å². The molecule has 0 saturated heterocycles. The molecule has 0 atom stereocenters. The lowest BCUT2D eigenvalue weighted by molar-refractivity contribution is 0.463. The molecule has 1 rings (SSSR count). The number of rotatable bonds is 2. The van der Waals surface area contributed by atoms with E-state index in [-0.39, 0.29) is 4.90 Å². The van der Waals surface area contributed by atoms with Gasteiger partial charge in [0.05, 0.1) is 4.90 Å². The van der Waals surface area contributed by atoms with E-state index in [1.807, 2.05) is 20.8 Å². The SMILES string of the molecule is Cc1cc(S(=O)(=O)[O-])ccc1C(C)C. The van der Waals surface area contributed by atoms with Gasteiger partial charge in [0.25, 0.3) is 0 Å². The van der Waals surface area contributed by atoms with Crippen LogP contribution in [0.1, 0.15) is 30.9 Å². The van der Waals surface area contributed by atoms with Gasteiger partial charge in [0.2, 0.25) is 0 Å². The Morgan fingerprint density at radius 2 is 1.86 bits per heavy atom. The van der Waals surface area contributed by atoms with Crippen LogP contribution in [0.3, 0.4) is 0 Å². The predicted molar refractivity (Wildman–Crippen MR) is 53.2 cm³/mol. The van der Waals surface area contributed by atoms with Gasteiger partial charge < -0.3 is 4.55 Å². The fraction of sp³-hybridized carbons (Fsp3) is 0.400. The molecular weight excluding hydrogens is 200 g/mol. The summed E-state index contributed by atoms with van der Waals surface area (Å²) in [4.78, 5) is -0.153. The van der Waals surface area contributed by atoms with E-state index in [0.717, 1.165) is 11.1 Å². The summed E-state index contributed by atoms with van der Waals surface area (Å²) in [5.41, 5.74) is 1.91. The maximum absolute atomic E-state index is 10.7. The Balaban J connectivity index is 3.27. The van der Waals surface area contributed by atoms with Gasteiger partial charge >= 0.3 is 0 Å². The van der Waals surface area contributed by atoms with Crippen molar-refractivity contribution in [1.82, 2.24) is 0 Å². The summed E-state index contributed by atoms with van der Waals surface area (Å²) in [5.74, 6) is 0.332. The molecular formula is C10H13O3S-. The lowest BCUT2D eigenvalue weighted by Gasteiger charge is -2.13. The van der Waals surface area contributed by atoms with Crippen LogP contribution in [0.2, 0.25) is 0 Å². The third kappa shape index (κ3) is 2.33. The fourth-order valence-electron chi connectivity index (χ4n) is 1.45. The third-order valence-electron chi connectivity index (χ3n) is 2.15. The van der Waals surface area contributed by atoms with Crippen LogP contribution in [0.15, 0.2) is 23.1 Å². The molecule has 0 radical (unpaired) electrons. The number of hydrogen-bond donors (Lipinski definition) is 0. The zero-order chi connectivity index (χ0) is 10.9. The van der Waals surface area contributed by atoms with E-state index in [4.69, 9.17) is 0 Å². The second kappa shape index (κ2) is 3.71. The second-order valence-electron chi connectivity index (χ2n) is 3.63. The molecule has 1 aromatic rings. The van der Waals surface area contributed by atoms with Crippen LogP contribution < -0.4 is 0 Å². The first-order chi connectivity index (χ1) is 6.32. The average Bonchev–Trinajstić information content (AvgIpc) is 2.01. The Morgan fingerprint density at radius 1 is 1.29 bits per heavy atom. The summed E-state index contributed by atoms with van der Waals surface area (Å²) in [6, 6.07) is 4.49. The lowest BCUT2D eigenvalue weighted by atomic mass is 9.98. The van der Waals surface area contributed by atoms with Gasteiger partial charge in [-0.1, -0.05) is 19.9 Å². The largest absolute Gasteiger partial charge is 0.744 e. The molecule has 0 saturated carbocycles. The fourth-order valence-corrected chi connectivity index (χ4v) is 2.01. The van der Waals surface area contributed by atoms with Crippen molar-refractivity contribution in [1.29, 1.82) is 0 Å². The van der Waals surface area contributed by atoms with Crippen LogP contribution in [0.5, 0.6) is 0 Å². The average molecular weight is 213 g/mol. The van der Waals surface area contributed by atoms with Crippen molar-refractivity contribution < 1.29 is 13.0 Å². The summed E-state index contributed by atoms with van der Waals surface area (Å²) >= 11 is 0. The highest BCUT2D eigenvalue weighted by molar-refractivity contribution is 7.85. The van der Waals surface area contributed by atoms with Crippen LogP contribution >= 0.6 is 0 Å². The first kappa shape index (κ1) is 11.2. The summed E-state index contributed by atoms with van der Waals surface area (Å²) in [5, 5.41) is 0. The van der Waals surface area contributed by atoms with Crippen molar-refractivity contribution in [2.75, 3.05) is 0 Å². The van der Waals surface area contributed by atoms with Crippen LogP contribution in [-0.2, 0) is 10.1 Å². The minimum absolute atomic E-state index is 0.153. The Hall–Kier alpha value is -0.870. The zero-order valence-electron chi connectivity index (χ0n) is 8.44. The van der Waals surface area contributed by atoms with E-state index in [1.165, 1.54) is 12.1 Å². The quantitative estimate of drug-likeness (QED) is 0.706. The first-order valence-electron chi connectivity index (χ1n) is 4.39. The molecule has 0 aliphatic heterocycles. The van der Waals surface area contributed by atoms with E-state index in [9.17, 15) is 13.0 Å². The summed E-state index contributed by atoms with van der Waals surface area (Å²) in [7, 11) is -4.32. The van der Waals surface area contributed by atoms with Gasteiger partial charge in [-0.15, -0.1) is 0 Å². The molecule has 0 aromatic heterocycles. The molecule has 0 fully saturated rings. The van der Waals surface area contributed by atoms with Gasteiger partial charge in [0.1, 0.15) is 10.1 Å². The molecule has 0 aliphatic rings. The molecule has 0 amide bonds. The monoisotopic (exact) mass is 213 g/mol. The third-order valence-corrected chi connectivity index (χ3v) is 2.98. The number of aryl methyl sites for hydroxylation is 1. The van der Waals surface area contributed by atoms with Crippen molar-refractivity contribution in [2.24, 2.45) is 0 Å². The molecule has 1 aromatic carbocycles. The molecule has 14 heavy (non-hydrogen) atoms. The van der Waals surface area contributed by atoms with E-state index in [1.54, 1.807) is 6.07 Å². The number of hydrogen-bond acceptors (Lipinski definition) is 3. The van der Waals surface area contributed by atoms with Gasteiger partial charge in [0.15, 0.2) is 0 Å². The standard InChI is InChI=1S/C10H14O3S/c1-7(2)10-5-4-9(6-8(10)3)14(11,12)13/h4-7H,1-3H3,(H,11,12,13)/p-1. The molecule has 0 unspecified atom stereocenters. The van der Waals surface area contributed by atoms with Gasteiger partial charge in [-0.05, 0) is 36.1 Å². The van der Waals surface area contributed by atoms with Crippen LogP contribution in [0, 0.1) is 6.92 Å². The molecule has 78 valence electrons. The maximum atomic E-state index is 10.7. The molecule has 0 heterocycles. The van der Waals surface area contributed by atoms with Crippen molar-refractivity contribution in [2.45, 2.75) is 31.6 Å². The highest BCUT2D eigenvalue weighted by Gasteiger charge is 2.06. The summed E-state index contributed by atoms with van der Waals surface area (Å²) in [6.45, 7) is 5.85.